The maximum atomic E-state index is 5.83. The number of hydrazine groups is 1. The second kappa shape index (κ2) is 4.64. The Morgan fingerprint density at radius 1 is 0.944 bits per heavy atom. The van der Waals surface area contributed by atoms with Crippen LogP contribution in [0.15, 0.2) is 65.1 Å². The SMILES string of the molecule is NNC(c1ccccc1)c1cc2ccccc2o1. The van der Waals surface area contributed by atoms with Gasteiger partial charge in [-0.25, -0.2) is 5.43 Å². The van der Waals surface area contributed by atoms with Gasteiger partial charge in [-0.2, -0.15) is 0 Å². The minimum Gasteiger partial charge on any atom is -0.459 e. The van der Waals surface area contributed by atoms with Crippen molar-refractivity contribution >= 4 is 11.0 Å². The third kappa shape index (κ3) is 1.90. The lowest BCUT2D eigenvalue weighted by atomic mass is 10.1. The Balaban J connectivity index is 2.06. The van der Waals surface area contributed by atoms with E-state index in [9.17, 15) is 0 Å². The molecule has 3 aromatic rings. The fraction of sp³-hybridized carbons (Fsp3) is 0.0667. The summed E-state index contributed by atoms with van der Waals surface area (Å²) < 4.78 is 5.83. The van der Waals surface area contributed by atoms with E-state index in [1.54, 1.807) is 0 Å². The van der Waals surface area contributed by atoms with Crippen LogP contribution in [-0.2, 0) is 0 Å². The first-order valence-corrected chi connectivity index (χ1v) is 5.88. The number of nitrogens with one attached hydrogen (secondary N) is 1. The number of furan rings is 1. The van der Waals surface area contributed by atoms with Crippen LogP contribution in [0.5, 0.6) is 0 Å². The standard InChI is InChI=1S/C15H14N2O/c16-17-15(11-6-2-1-3-7-11)14-10-12-8-4-5-9-13(12)18-14/h1-10,15,17H,16H2. The Morgan fingerprint density at radius 3 is 2.39 bits per heavy atom. The monoisotopic (exact) mass is 238 g/mol. The molecule has 3 N–H and O–H groups in total. The first-order chi connectivity index (χ1) is 8.88. The summed E-state index contributed by atoms with van der Waals surface area (Å²) >= 11 is 0. The Morgan fingerprint density at radius 2 is 1.67 bits per heavy atom. The van der Waals surface area contributed by atoms with E-state index >= 15 is 0 Å². The largest absolute Gasteiger partial charge is 0.459 e. The maximum Gasteiger partial charge on any atom is 0.134 e. The first kappa shape index (κ1) is 11.0. The van der Waals surface area contributed by atoms with Gasteiger partial charge < -0.3 is 4.42 Å². The third-order valence-corrected chi connectivity index (χ3v) is 3.03. The van der Waals surface area contributed by atoms with E-state index in [-0.39, 0.29) is 6.04 Å². The number of benzene rings is 2. The van der Waals surface area contributed by atoms with Gasteiger partial charge in [-0.1, -0.05) is 48.5 Å². The highest BCUT2D eigenvalue weighted by Gasteiger charge is 2.16. The van der Waals surface area contributed by atoms with Gasteiger partial charge in [0.15, 0.2) is 0 Å². The fourth-order valence-electron chi connectivity index (χ4n) is 2.13. The van der Waals surface area contributed by atoms with E-state index in [2.05, 4.69) is 5.43 Å². The second-order valence-electron chi connectivity index (χ2n) is 4.20. The fourth-order valence-corrected chi connectivity index (χ4v) is 2.13. The Labute approximate surface area is 105 Å². The Kier molecular flexibility index (Phi) is 2.84. The van der Waals surface area contributed by atoms with Crippen molar-refractivity contribution in [2.45, 2.75) is 6.04 Å². The van der Waals surface area contributed by atoms with Crippen molar-refractivity contribution < 1.29 is 4.42 Å². The van der Waals surface area contributed by atoms with Crippen LogP contribution in [0.1, 0.15) is 17.4 Å². The summed E-state index contributed by atoms with van der Waals surface area (Å²) in [5, 5.41) is 1.09. The van der Waals surface area contributed by atoms with Gasteiger partial charge in [-0.3, -0.25) is 5.84 Å². The molecule has 90 valence electrons. The molecule has 0 saturated carbocycles. The second-order valence-corrected chi connectivity index (χ2v) is 4.20. The molecule has 1 unspecified atom stereocenters. The van der Waals surface area contributed by atoms with Crippen molar-refractivity contribution in [1.82, 2.24) is 5.43 Å². The summed E-state index contributed by atoms with van der Waals surface area (Å²) in [5.41, 5.74) is 4.76. The van der Waals surface area contributed by atoms with Gasteiger partial charge in [0.1, 0.15) is 17.4 Å². The predicted molar refractivity (Wildman–Crippen MR) is 71.8 cm³/mol. The zero-order chi connectivity index (χ0) is 12.4. The van der Waals surface area contributed by atoms with Crippen LogP contribution in [-0.4, -0.2) is 0 Å². The summed E-state index contributed by atoms with van der Waals surface area (Å²) in [6.45, 7) is 0. The van der Waals surface area contributed by atoms with Crippen molar-refractivity contribution in [3.63, 3.8) is 0 Å². The van der Waals surface area contributed by atoms with E-state index in [4.69, 9.17) is 10.3 Å². The molecule has 0 aliphatic heterocycles. The lowest BCUT2D eigenvalue weighted by molar-refractivity contribution is 0.477. The minimum atomic E-state index is -0.126. The van der Waals surface area contributed by atoms with Crippen LogP contribution in [0.2, 0.25) is 0 Å². The molecule has 3 nitrogen and oxygen atoms in total. The van der Waals surface area contributed by atoms with Crippen LogP contribution < -0.4 is 11.3 Å². The van der Waals surface area contributed by atoms with Crippen LogP contribution in [0.3, 0.4) is 0 Å². The molecule has 0 radical (unpaired) electrons. The smallest absolute Gasteiger partial charge is 0.134 e. The van der Waals surface area contributed by atoms with E-state index in [1.807, 2.05) is 60.7 Å². The van der Waals surface area contributed by atoms with E-state index in [0.29, 0.717) is 0 Å². The average Bonchev–Trinajstić information content (AvgIpc) is 2.84. The van der Waals surface area contributed by atoms with Crippen molar-refractivity contribution in [1.29, 1.82) is 0 Å². The van der Waals surface area contributed by atoms with Crippen LogP contribution >= 0.6 is 0 Å². The molecule has 0 amide bonds. The van der Waals surface area contributed by atoms with Crippen molar-refractivity contribution in [2.24, 2.45) is 5.84 Å². The molecule has 0 bridgehead atoms. The zero-order valence-electron chi connectivity index (χ0n) is 9.84. The van der Waals surface area contributed by atoms with Gasteiger partial charge in [-0.05, 0) is 17.7 Å². The molecular formula is C15H14N2O. The van der Waals surface area contributed by atoms with Gasteiger partial charge in [0.2, 0.25) is 0 Å². The maximum absolute atomic E-state index is 5.83. The van der Waals surface area contributed by atoms with Crippen LogP contribution in [0.25, 0.3) is 11.0 Å². The quantitative estimate of drug-likeness (QED) is 0.545. The zero-order valence-corrected chi connectivity index (χ0v) is 9.84. The summed E-state index contributed by atoms with van der Waals surface area (Å²) in [6, 6.07) is 19.8. The van der Waals surface area contributed by atoms with E-state index < -0.39 is 0 Å². The van der Waals surface area contributed by atoms with Crippen molar-refractivity contribution in [2.75, 3.05) is 0 Å². The molecule has 1 heterocycles. The molecule has 1 atom stereocenters. The van der Waals surface area contributed by atoms with Gasteiger partial charge >= 0.3 is 0 Å². The van der Waals surface area contributed by atoms with Crippen LogP contribution in [0.4, 0.5) is 0 Å². The number of para-hydroxylation sites is 1. The number of hydrogen-bond donors (Lipinski definition) is 2. The van der Waals surface area contributed by atoms with E-state index in [0.717, 1.165) is 22.3 Å². The third-order valence-electron chi connectivity index (χ3n) is 3.03. The summed E-state index contributed by atoms with van der Waals surface area (Å²) in [7, 11) is 0. The summed E-state index contributed by atoms with van der Waals surface area (Å²) in [6.07, 6.45) is 0. The number of fused-ring (bicyclic) bond motifs is 1. The summed E-state index contributed by atoms with van der Waals surface area (Å²) in [5.74, 6) is 6.47. The highest BCUT2D eigenvalue weighted by atomic mass is 16.3. The molecule has 3 rings (SSSR count). The highest BCUT2D eigenvalue weighted by Crippen LogP contribution is 2.27. The Bertz CT molecular complexity index is 613. The first-order valence-electron chi connectivity index (χ1n) is 5.88. The average molecular weight is 238 g/mol. The lowest BCUT2D eigenvalue weighted by Gasteiger charge is -2.13. The van der Waals surface area contributed by atoms with Crippen molar-refractivity contribution in [3.8, 4) is 0 Å². The number of nitrogens with two attached hydrogens (primary N) is 1. The van der Waals surface area contributed by atoms with Crippen LogP contribution in [0, 0.1) is 0 Å². The minimum absolute atomic E-state index is 0.126. The molecule has 0 spiro atoms. The van der Waals surface area contributed by atoms with Gasteiger partial charge in [0.05, 0.1) is 0 Å². The normalized spacial score (nSPS) is 12.7. The highest BCUT2D eigenvalue weighted by molar-refractivity contribution is 5.77. The topological polar surface area (TPSA) is 51.2 Å². The molecule has 0 aliphatic carbocycles. The number of hydrogen-bond acceptors (Lipinski definition) is 3. The lowest BCUT2D eigenvalue weighted by Crippen LogP contribution is -2.28. The number of rotatable bonds is 3. The molecule has 1 aromatic heterocycles. The van der Waals surface area contributed by atoms with E-state index in [1.165, 1.54) is 0 Å². The van der Waals surface area contributed by atoms with Gasteiger partial charge in [0.25, 0.3) is 0 Å². The van der Waals surface area contributed by atoms with Gasteiger partial charge in [0, 0.05) is 5.39 Å². The molecule has 18 heavy (non-hydrogen) atoms. The summed E-state index contributed by atoms with van der Waals surface area (Å²) in [4.78, 5) is 0. The molecular weight excluding hydrogens is 224 g/mol. The molecule has 0 fully saturated rings. The molecule has 0 saturated heterocycles. The molecule has 0 aliphatic rings. The molecule has 3 heteroatoms. The van der Waals surface area contributed by atoms with Gasteiger partial charge in [-0.15, -0.1) is 0 Å². The Hall–Kier alpha value is -2.10. The molecule has 2 aromatic carbocycles. The van der Waals surface area contributed by atoms with Crippen molar-refractivity contribution in [3.05, 3.63) is 72.0 Å². The predicted octanol–water partition coefficient (Wildman–Crippen LogP) is 2.99.